The van der Waals surface area contributed by atoms with Crippen LogP contribution in [-0.4, -0.2) is 0 Å². The Morgan fingerprint density at radius 1 is 0.277 bits per heavy atom. The molecule has 2 heteroatoms. The van der Waals surface area contributed by atoms with Gasteiger partial charge in [0, 0.05) is 33.9 Å². The summed E-state index contributed by atoms with van der Waals surface area (Å²) in [5.41, 5.74) is 22.6. The number of hydrogen-bond donors (Lipinski definition) is 1. The molecule has 0 unspecified atom stereocenters. The summed E-state index contributed by atoms with van der Waals surface area (Å²) in [6.07, 6.45) is 0. The second-order valence-electron chi connectivity index (χ2n) is 17.5. The Hall–Kier alpha value is -8.20. The van der Waals surface area contributed by atoms with E-state index in [1.54, 1.807) is 0 Å². The minimum Gasteiger partial charge on any atom is -0.356 e. The van der Waals surface area contributed by atoms with Gasteiger partial charge in [-0.15, -0.1) is 0 Å². The minimum atomic E-state index is -0.220. The number of fused-ring (bicyclic) bond motifs is 3. The molecule has 0 bridgehead atoms. The van der Waals surface area contributed by atoms with Crippen molar-refractivity contribution in [1.29, 1.82) is 0 Å². The zero-order chi connectivity index (χ0) is 43.7. The molecule has 310 valence electrons. The Balaban J connectivity index is 0.891. The highest BCUT2D eigenvalue weighted by atomic mass is 15.1. The third-order valence-corrected chi connectivity index (χ3v) is 13.1. The van der Waals surface area contributed by atoms with Gasteiger partial charge in [-0.25, -0.2) is 0 Å². The Bertz CT molecular complexity index is 3260. The van der Waals surface area contributed by atoms with Crippen molar-refractivity contribution < 1.29 is 0 Å². The molecule has 0 heterocycles. The van der Waals surface area contributed by atoms with Crippen LogP contribution in [0.4, 0.5) is 28.4 Å². The summed E-state index contributed by atoms with van der Waals surface area (Å²) in [4.78, 5) is 2.40. The van der Waals surface area contributed by atoms with E-state index in [0.29, 0.717) is 0 Å². The van der Waals surface area contributed by atoms with Crippen molar-refractivity contribution >= 4 is 28.4 Å². The van der Waals surface area contributed by atoms with E-state index in [0.717, 1.165) is 28.4 Å². The molecule has 0 fully saturated rings. The maximum atomic E-state index is 3.72. The molecule has 0 radical (unpaired) electrons. The zero-order valence-corrected chi connectivity index (χ0v) is 36.6. The molecule has 0 amide bonds. The van der Waals surface area contributed by atoms with Gasteiger partial charge in [-0.1, -0.05) is 190 Å². The van der Waals surface area contributed by atoms with Gasteiger partial charge >= 0.3 is 0 Å². The third-order valence-electron chi connectivity index (χ3n) is 13.1. The van der Waals surface area contributed by atoms with Crippen molar-refractivity contribution in [3.8, 4) is 66.8 Å². The predicted molar refractivity (Wildman–Crippen MR) is 276 cm³/mol. The first-order valence-corrected chi connectivity index (χ1v) is 22.5. The van der Waals surface area contributed by atoms with Crippen LogP contribution < -0.4 is 10.2 Å². The molecular formula is C63H48N2. The van der Waals surface area contributed by atoms with Gasteiger partial charge < -0.3 is 10.2 Å². The first-order chi connectivity index (χ1) is 31.9. The average Bonchev–Trinajstić information content (AvgIpc) is 3.60. The highest BCUT2D eigenvalue weighted by Crippen LogP contribution is 2.51. The summed E-state index contributed by atoms with van der Waals surface area (Å²) in [5, 5.41) is 3.72. The molecular weight excluding hydrogens is 785 g/mol. The topological polar surface area (TPSA) is 15.3 Å². The molecule has 0 atom stereocenters. The molecule has 10 aromatic carbocycles. The minimum absolute atomic E-state index is 0.220. The maximum absolute atomic E-state index is 3.72. The predicted octanol–water partition coefficient (Wildman–Crippen LogP) is 17.5. The molecule has 2 nitrogen and oxygen atoms in total. The van der Waals surface area contributed by atoms with Gasteiger partial charge in [0.25, 0.3) is 0 Å². The summed E-state index contributed by atoms with van der Waals surface area (Å²) >= 11 is 0. The SMILES string of the molecule is CC1(C)c2cc(Nc3ccc(-c4cccc(-c5ccccc5)c4)cc3)ccc2-c2ccc(N(c3ccc(-c4ccccc4)cc3)c3ccc(-c4cccc(-c5ccccc5)c4)cc3)cc21. The molecule has 0 spiro atoms. The third kappa shape index (κ3) is 7.81. The van der Waals surface area contributed by atoms with E-state index in [1.165, 1.54) is 77.9 Å². The fourth-order valence-electron chi connectivity index (χ4n) is 9.56. The van der Waals surface area contributed by atoms with Gasteiger partial charge in [0.15, 0.2) is 0 Å². The number of benzene rings is 10. The second kappa shape index (κ2) is 16.8. The summed E-state index contributed by atoms with van der Waals surface area (Å²) < 4.78 is 0. The van der Waals surface area contributed by atoms with Crippen molar-refractivity contribution in [2.75, 3.05) is 10.2 Å². The van der Waals surface area contributed by atoms with Gasteiger partial charge in [0.2, 0.25) is 0 Å². The van der Waals surface area contributed by atoms with Gasteiger partial charge in [-0.3, -0.25) is 0 Å². The van der Waals surface area contributed by atoms with Crippen molar-refractivity contribution in [1.82, 2.24) is 0 Å². The molecule has 1 aliphatic rings. The molecule has 0 aliphatic heterocycles. The summed E-state index contributed by atoms with van der Waals surface area (Å²) in [6, 6.07) is 90.0. The van der Waals surface area contributed by atoms with Crippen molar-refractivity contribution in [3.63, 3.8) is 0 Å². The molecule has 0 saturated carbocycles. The van der Waals surface area contributed by atoms with E-state index in [4.69, 9.17) is 0 Å². The Morgan fingerprint density at radius 2 is 0.615 bits per heavy atom. The standard InChI is InChI=1S/C63H48N2/c1-63(2)61-42-55(64-54-30-24-48(25-31-54)52-22-12-20-50(40-52)45-16-8-4-9-17-45)32-38-59(61)60-39-37-58(43-62(60)63)65(56-33-26-47(27-34-56)44-14-6-3-7-15-44)57-35-28-49(29-36-57)53-23-13-21-51(41-53)46-18-10-5-11-19-46/h3-43,64H,1-2H3. The van der Waals surface area contributed by atoms with Crippen molar-refractivity contribution in [2.24, 2.45) is 0 Å². The maximum Gasteiger partial charge on any atom is 0.0465 e. The lowest BCUT2D eigenvalue weighted by Gasteiger charge is -2.28. The molecule has 11 rings (SSSR count). The van der Waals surface area contributed by atoms with E-state index in [-0.39, 0.29) is 5.41 Å². The van der Waals surface area contributed by atoms with E-state index >= 15 is 0 Å². The van der Waals surface area contributed by atoms with E-state index < -0.39 is 0 Å². The molecule has 0 aromatic heterocycles. The summed E-state index contributed by atoms with van der Waals surface area (Å²) in [7, 11) is 0. The Kier molecular flexibility index (Phi) is 10.3. The van der Waals surface area contributed by atoms with Gasteiger partial charge in [-0.05, 0) is 151 Å². The van der Waals surface area contributed by atoms with Crippen LogP contribution in [0.2, 0.25) is 0 Å². The number of anilines is 5. The lowest BCUT2D eigenvalue weighted by molar-refractivity contribution is 0.660. The first kappa shape index (κ1) is 39.6. The van der Waals surface area contributed by atoms with E-state index in [1.807, 2.05) is 0 Å². The van der Waals surface area contributed by atoms with Crippen LogP contribution in [0.15, 0.2) is 249 Å². The van der Waals surface area contributed by atoms with Gasteiger partial charge in [0.1, 0.15) is 0 Å². The smallest absolute Gasteiger partial charge is 0.0465 e. The highest BCUT2D eigenvalue weighted by molar-refractivity contribution is 5.88. The fourth-order valence-corrected chi connectivity index (χ4v) is 9.56. The van der Waals surface area contributed by atoms with Crippen LogP contribution in [0, 0.1) is 0 Å². The first-order valence-electron chi connectivity index (χ1n) is 22.5. The second-order valence-corrected chi connectivity index (χ2v) is 17.5. The number of nitrogens with one attached hydrogen (secondary N) is 1. The fraction of sp³-hybridized carbons (Fsp3) is 0.0476. The molecule has 1 N–H and O–H groups in total. The van der Waals surface area contributed by atoms with Crippen molar-refractivity contribution in [3.05, 3.63) is 260 Å². The van der Waals surface area contributed by atoms with Crippen LogP contribution in [-0.2, 0) is 5.41 Å². The Labute approximate surface area is 382 Å². The molecule has 1 aliphatic carbocycles. The number of nitrogens with zero attached hydrogens (tertiary/aromatic N) is 1. The van der Waals surface area contributed by atoms with Crippen LogP contribution in [0.3, 0.4) is 0 Å². The molecule has 0 saturated heterocycles. The monoisotopic (exact) mass is 832 g/mol. The van der Waals surface area contributed by atoms with Gasteiger partial charge in [-0.2, -0.15) is 0 Å². The molecule has 65 heavy (non-hydrogen) atoms. The quantitative estimate of drug-likeness (QED) is 0.148. The summed E-state index contributed by atoms with van der Waals surface area (Å²) in [5.74, 6) is 0. The van der Waals surface area contributed by atoms with Crippen molar-refractivity contribution in [2.45, 2.75) is 19.3 Å². The van der Waals surface area contributed by atoms with E-state index in [2.05, 4.69) is 273 Å². The highest BCUT2D eigenvalue weighted by Gasteiger charge is 2.36. The molecule has 10 aromatic rings. The van der Waals surface area contributed by atoms with Crippen LogP contribution in [0.25, 0.3) is 66.8 Å². The van der Waals surface area contributed by atoms with Crippen LogP contribution in [0.1, 0.15) is 25.0 Å². The lowest BCUT2D eigenvalue weighted by atomic mass is 9.82. The summed E-state index contributed by atoms with van der Waals surface area (Å²) in [6.45, 7) is 4.72. The number of rotatable bonds is 10. The zero-order valence-electron chi connectivity index (χ0n) is 36.6. The van der Waals surface area contributed by atoms with Crippen LogP contribution in [0.5, 0.6) is 0 Å². The lowest BCUT2D eigenvalue weighted by Crippen LogP contribution is -2.16. The largest absolute Gasteiger partial charge is 0.356 e. The average molecular weight is 833 g/mol. The van der Waals surface area contributed by atoms with E-state index in [9.17, 15) is 0 Å². The van der Waals surface area contributed by atoms with Gasteiger partial charge in [0.05, 0.1) is 0 Å². The van der Waals surface area contributed by atoms with Crippen LogP contribution >= 0.6 is 0 Å². The number of hydrogen-bond acceptors (Lipinski definition) is 2. The normalized spacial score (nSPS) is 12.3. The Morgan fingerprint density at radius 3 is 1.09 bits per heavy atom.